The van der Waals surface area contributed by atoms with Crippen molar-refractivity contribution in [3.8, 4) is 0 Å². The molecule has 0 spiro atoms. The Morgan fingerprint density at radius 2 is 1.67 bits per heavy atom. The van der Waals surface area contributed by atoms with E-state index in [0.717, 1.165) is 0 Å². The molecule has 3 N–H and O–H groups in total. The Morgan fingerprint density at radius 3 is 1.67 bits per heavy atom. The van der Waals surface area contributed by atoms with Crippen LogP contribution < -0.4 is 5.73 Å². The van der Waals surface area contributed by atoms with Gasteiger partial charge >= 0.3 is 0 Å². The van der Waals surface area contributed by atoms with E-state index in [1.165, 1.54) is 0 Å². The first-order valence-electron chi connectivity index (χ1n) is 3.32. The number of hydrogen-bond acceptors (Lipinski definition) is 2. The zero-order valence-corrected chi connectivity index (χ0v) is 6.68. The predicted octanol–water partition coefficient (Wildman–Crippen LogP) is 0.741. The van der Waals surface area contributed by atoms with Crippen molar-refractivity contribution in [2.75, 3.05) is 0 Å². The Labute approximate surface area is 57.1 Å². The minimum atomic E-state index is -0.464. The summed E-state index contributed by atoms with van der Waals surface area (Å²) in [6.45, 7) is 7.58. The maximum absolute atomic E-state index is 9.34. The van der Waals surface area contributed by atoms with E-state index in [9.17, 15) is 5.11 Å². The summed E-state index contributed by atoms with van der Waals surface area (Å²) in [4.78, 5) is 0. The van der Waals surface area contributed by atoms with Crippen LogP contribution in [0, 0.1) is 5.92 Å². The lowest BCUT2D eigenvalue weighted by atomic mass is 9.90. The zero-order chi connectivity index (χ0) is 7.65. The van der Waals surface area contributed by atoms with Crippen LogP contribution in [0.3, 0.4) is 0 Å². The topological polar surface area (TPSA) is 46.2 Å². The quantitative estimate of drug-likeness (QED) is 0.580. The molecule has 0 aliphatic rings. The largest absolute Gasteiger partial charge is 0.391 e. The summed E-state index contributed by atoms with van der Waals surface area (Å²) in [5.74, 6) is 0.241. The van der Waals surface area contributed by atoms with Gasteiger partial charge in [-0.3, -0.25) is 0 Å². The Bertz CT molecular complexity index is 83.4. The standard InChI is InChI=1S/C7H17NO/c1-5(2)6(9)7(3,4)8/h5-6,9H,8H2,1-4H3. The molecule has 0 heterocycles. The SMILES string of the molecule is CC(C)C(O)C(C)(C)N. The second-order valence-corrected chi connectivity index (χ2v) is 3.51. The van der Waals surface area contributed by atoms with Crippen LogP contribution in [0.5, 0.6) is 0 Å². The fourth-order valence-corrected chi connectivity index (χ4v) is 0.859. The molecule has 0 aliphatic carbocycles. The van der Waals surface area contributed by atoms with Gasteiger partial charge in [0.05, 0.1) is 6.10 Å². The van der Waals surface area contributed by atoms with Crippen molar-refractivity contribution in [3.63, 3.8) is 0 Å². The Balaban J connectivity index is 3.88. The highest BCUT2D eigenvalue weighted by Crippen LogP contribution is 2.12. The molecule has 0 aromatic rings. The summed E-state index contributed by atoms with van der Waals surface area (Å²) in [5.41, 5.74) is 5.17. The van der Waals surface area contributed by atoms with Crippen LogP contribution in [0.15, 0.2) is 0 Å². The van der Waals surface area contributed by atoms with Gasteiger partial charge in [-0.1, -0.05) is 13.8 Å². The molecule has 0 aliphatic heterocycles. The normalized spacial score (nSPS) is 16.3. The smallest absolute Gasteiger partial charge is 0.0737 e. The summed E-state index contributed by atoms with van der Waals surface area (Å²) < 4.78 is 0. The fraction of sp³-hybridized carbons (Fsp3) is 1.00. The van der Waals surface area contributed by atoms with Gasteiger partial charge in [-0.2, -0.15) is 0 Å². The molecular weight excluding hydrogens is 114 g/mol. The second kappa shape index (κ2) is 2.67. The molecule has 2 heteroatoms. The number of hydrogen-bond donors (Lipinski definition) is 2. The highest BCUT2D eigenvalue weighted by molar-refractivity contribution is 4.83. The highest BCUT2D eigenvalue weighted by Gasteiger charge is 2.24. The maximum atomic E-state index is 9.34. The van der Waals surface area contributed by atoms with Crippen molar-refractivity contribution >= 4 is 0 Å². The lowest BCUT2D eigenvalue weighted by Crippen LogP contribution is -2.47. The summed E-state index contributed by atoms with van der Waals surface area (Å²) >= 11 is 0. The molecule has 0 rings (SSSR count). The van der Waals surface area contributed by atoms with Gasteiger partial charge < -0.3 is 10.8 Å². The van der Waals surface area contributed by atoms with Crippen molar-refractivity contribution in [1.82, 2.24) is 0 Å². The third-order valence-electron chi connectivity index (χ3n) is 1.39. The summed E-state index contributed by atoms with van der Waals surface area (Å²) in [6, 6.07) is 0. The van der Waals surface area contributed by atoms with Crippen molar-refractivity contribution in [1.29, 1.82) is 0 Å². The summed E-state index contributed by atoms with van der Waals surface area (Å²) in [7, 11) is 0. The first-order valence-corrected chi connectivity index (χ1v) is 3.32. The molecule has 0 saturated heterocycles. The molecule has 0 aromatic heterocycles. The van der Waals surface area contributed by atoms with Gasteiger partial charge in [-0.05, 0) is 19.8 Å². The lowest BCUT2D eigenvalue weighted by Gasteiger charge is -2.28. The minimum Gasteiger partial charge on any atom is -0.391 e. The van der Waals surface area contributed by atoms with Gasteiger partial charge in [0, 0.05) is 5.54 Å². The van der Waals surface area contributed by atoms with Crippen LogP contribution in [0.1, 0.15) is 27.7 Å². The van der Waals surface area contributed by atoms with Crippen LogP contribution in [0.4, 0.5) is 0 Å². The molecule has 0 fully saturated rings. The molecule has 0 saturated carbocycles. The highest BCUT2D eigenvalue weighted by atomic mass is 16.3. The molecular formula is C7H17NO. The van der Waals surface area contributed by atoms with Gasteiger partial charge in [0.25, 0.3) is 0 Å². The van der Waals surface area contributed by atoms with Crippen molar-refractivity contribution in [2.45, 2.75) is 39.3 Å². The van der Waals surface area contributed by atoms with E-state index in [0.29, 0.717) is 0 Å². The summed E-state index contributed by atoms with van der Waals surface area (Å²) in [6.07, 6.45) is -0.405. The Kier molecular flexibility index (Phi) is 2.65. The Hall–Kier alpha value is -0.0800. The van der Waals surface area contributed by atoms with E-state index in [4.69, 9.17) is 5.73 Å². The molecule has 0 radical (unpaired) electrons. The van der Waals surface area contributed by atoms with E-state index in [-0.39, 0.29) is 5.92 Å². The van der Waals surface area contributed by atoms with E-state index < -0.39 is 11.6 Å². The van der Waals surface area contributed by atoms with Crippen LogP contribution in [0.25, 0.3) is 0 Å². The molecule has 2 nitrogen and oxygen atoms in total. The zero-order valence-electron chi connectivity index (χ0n) is 6.68. The van der Waals surface area contributed by atoms with Crippen LogP contribution >= 0.6 is 0 Å². The molecule has 56 valence electrons. The van der Waals surface area contributed by atoms with Gasteiger partial charge in [-0.25, -0.2) is 0 Å². The van der Waals surface area contributed by atoms with E-state index in [1.807, 2.05) is 27.7 Å². The van der Waals surface area contributed by atoms with Gasteiger partial charge in [0.1, 0.15) is 0 Å². The Morgan fingerprint density at radius 1 is 1.33 bits per heavy atom. The van der Waals surface area contributed by atoms with Gasteiger partial charge in [0.2, 0.25) is 0 Å². The number of rotatable bonds is 2. The van der Waals surface area contributed by atoms with E-state index >= 15 is 0 Å². The second-order valence-electron chi connectivity index (χ2n) is 3.51. The van der Waals surface area contributed by atoms with Crippen LogP contribution in [-0.4, -0.2) is 16.7 Å². The van der Waals surface area contributed by atoms with Gasteiger partial charge in [0.15, 0.2) is 0 Å². The first-order chi connectivity index (χ1) is 3.85. The fourth-order valence-electron chi connectivity index (χ4n) is 0.859. The average molecular weight is 131 g/mol. The molecule has 0 aromatic carbocycles. The molecule has 0 amide bonds. The first kappa shape index (κ1) is 8.92. The number of aliphatic hydroxyl groups is 1. The third kappa shape index (κ3) is 2.82. The number of nitrogens with two attached hydrogens (primary N) is 1. The number of aliphatic hydroxyl groups excluding tert-OH is 1. The van der Waals surface area contributed by atoms with Crippen molar-refractivity contribution < 1.29 is 5.11 Å². The molecule has 1 atom stereocenters. The third-order valence-corrected chi connectivity index (χ3v) is 1.39. The molecule has 0 bridgehead atoms. The molecule has 1 unspecified atom stereocenters. The van der Waals surface area contributed by atoms with Gasteiger partial charge in [-0.15, -0.1) is 0 Å². The average Bonchev–Trinajstić information content (AvgIpc) is 1.62. The van der Waals surface area contributed by atoms with Crippen molar-refractivity contribution in [2.24, 2.45) is 11.7 Å². The lowest BCUT2D eigenvalue weighted by molar-refractivity contribution is 0.0616. The van der Waals surface area contributed by atoms with E-state index in [2.05, 4.69) is 0 Å². The van der Waals surface area contributed by atoms with E-state index in [1.54, 1.807) is 0 Å². The maximum Gasteiger partial charge on any atom is 0.0737 e. The minimum absolute atomic E-state index is 0.241. The van der Waals surface area contributed by atoms with Crippen LogP contribution in [-0.2, 0) is 0 Å². The van der Waals surface area contributed by atoms with Crippen molar-refractivity contribution in [3.05, 3.63) is 0 Å². The molecule has 9 heavy (non-hydrogen) atoms. The van der Waals surface area contributed by atoms with Crippen LogP contribution in [0.2, 0.25) is 0 Å². The monoisotopic (exact) mass is 131 g/mol. The summed E-state index contributed by atoms with van der Waals surface area (Å²) in [5, 5.41) is 9.34. The predicted molar refractivity (Wildman–Crippen MR) is 39.1 cm³/mol.